The SMILES string of the molecule is COc1cc2c(C#N)cn(-c3ccc(C(C)=O)cc3)c2cc1F. The molecule has 0 aliphatic heterocycles. The summed E-state index contributed by atoms with van der Waals surface area (Å²) in [4.78, 5) is 11.4. The summed E-state index contributed by atoms with van der Waals surface area (Å²) in [7, 11) is 1.38. The van der Waals surface area contributed by atoms with E-state index in [0.29, 0.717) is 22.0 Å². The van der Waals surface area contributed by atoms with Gasteiger partial charge in [-0.3, -0.25) is 4.79 Å². The van der Waals surface area contributed by atoms with Gasteiger partial charge in [0, 0.05) is 28.9 Å². The summed E-state index contributed by atoms with van der Waals surface area (Å²) in [6.07, 6.45) is 1.65. The molecule has 5 heteroatoms. The lowest BCUT2D eigenvalue weighted by Crippen LogP contribution is -1.96. The number of aromatic nitrogens is 1. The first-order chi connectivity index (χ1) is 11.0. The highest BCUT2D eigenvalue weighted by Gasteiger charge is 2.14. The Labute approximate surface area is 132 Å². The Kier molecular flexibility index (Phi) is 3.59. The van der Waals surface area contributed by atoms with Crippen LogP contribution in [0.25, 0.3) is 16.6 Å². The highest BCUT2D eigenvalue weighted by Crippen LogP contribution is 2.30. The van der Waals surface area contributed by atoms with Crippen molar-refractivity contribution in [3.05, 3.63) is 59.5 Å². The maximum Gasteiger partial charge on any atom is 0.167 e. The van der Waals surface area contributed by atoms with Crippen molar-refractivity contribution < 1.29 is 13.9 Å². The first-order valence-corrected chi connectivity index (χ1v) is 6.95. The molecule has 0 radical (unpaired) electrons. The molecule has 1 aromatic heterocycles. The second kappa shape index (κ2) is 5.58. The lowest BCUT2D eigenvalue weighted by molar-refractivity contribution is 0.101. The van der Waals surface area contributed by atoms with E-state index in [1.54, 1.807) is 35.0 Å². The Balaban J connectivity index is 2.23. The fourth-order valence-electron chi connectivity index (χ4n) is 2.54. The molecule has 0 fully saturated rings. The van der Waals surface area contributed by atoms with E-state index < -0.39 is 5.82 Å². The number of halogens is 1. The van der Waals surface area contributed by atoms with Crippen LogP contribution in [-0.2, 0) is 0 Å². The van der Waals surface area contributed by atoms with Crippen molar-refractivity contribution in [1.82, 2.24) is 4.57 Å². The highest BCUT2D eigenvalue weighted by molar-refractivity contribution is 5.94. The van der Waals surface area contributed by atoms with Gasteiger partial charge in [-0.15, -0.1) is 0 Å². The summed E-state index contributed by atoms with van der Waals surface area (Å²) in [6, 6.07) is 11.9. The maximum atomic E-state index is 14.0. The van der Waals surface area contributed by atoms with Crippen molar-refractivity contribution in [2.45, 2.75) is 6.92 Å². The molecule has 0 unspecified atom stereocenters. The van der Waals surface area contributed by atoms with Crippen LogP contribution in [0.3, 0.4) is 0 Å². The number of hydrogen-bond acceptors (Lipinski definition) is 3. The Morgan fingerprint density at radius 1 is 1.26 bits per heavy atom. The zero-order valence-corrected chi connectivity index (χ0v) is 12.6. The quantitative estimate of drug-likeness (QED) is 0.691. The summed E-state index contributed by atoms with van der Waals surface area (Å²) in [5.41, 5.74) is 2.33. The number of methoxy groups -OCH3 is 1. The van der Waals surface area contributed by atoms with Crippen LogP contribution in [0.15, 0.2) is 42.6 Å². The average Bonchev–Trinajstić information content (AvgIpc) is 2.91. The van der Waals surface area contributed by atoms with Gasteiger partial charge >= 0.3 is 0 Å². The molecule has 1 heterocycles. The smallest absolute Gasteiger partial charge is 0.167 e. The first kappa shape index (κ1) is 14.8. The predicted octanol–water partition coefficient (Wildman–Crippen LogP) is 3.85. The van der Waals surface area contributed by atoms with E-state index in [2.05, 4.69) is 6.07 Å². The number of nitriles is 1. The van der Waals surface area contributed by atoms with Gasteiger partial charge in [-0.25, -0.2) is 4.39 Å². The van der Waals surface area contributed by atoms with Crippen LogP contribution in [0.2, 0.25) is 0 Å². The molecule has 0 saturated carbocycles. The fourth-order valence-corrected chi connectivity index (χ4v) is 2.54. The Bertz CT molecular complexity index is 950. The fraction of sp³-hybridized carbons (Fsp3) is 0.111. The van der Waals surface area contributed by atoms with Crippen molar-refractivity contribution >= 4 is 16.7 Å². The highest BCUT2D eigenvalue weighted by atomic mass is 19.1. The Morgan fingerprint density at radius 2 is 1.96 bits per heavy atom. The van der Waals surface area contributed by atoms with Gasteiger partial charge in [0.1, 0.15) is 6.07 Å². The van der Waals surface area contributed by atoms with Crippen molar-refractivity contribution in [3.63, 3.8) is 0 Å². The molecule has 0 atom stereocenters. The number of hydrogen-bond donors (Lipinski definition) is 0. The lowest BCUT2D eigenvalue weighted by atomic mass is 10.1. The number of Topliss-reactive ketones (excluding diaryl/α,β-unsaturated/α-hetero) is 1. The summed E-state index contributed by atoms with van der Waals surface area (Å²) >= 11 is 0. The molecule has 0 amide bonds. The molecule has 0 N–H and O–H groups in total. The predicted molar refractivity (Wildman–Crippen MR) is 84.5 cm³/mol. The normalized spacial score (nSPS) is 10.5. The van der Waals surface area contributed by atoms with Gasteiger partial charge in [-0.1, -0.05) is 0 Å². The largest absolute Gasteiger partial charge is 0.494 e. The van der Waals surface area contributed by atoms with E-state index in [0.717, 1.165) is 5.69 Å². The zero-order valence-electron chi connectivity index (χ0n) is 12.6. The molecule has 0 saturated heterocycles. The molecule has 3 rings (SSSR count). The van der Waals surface area contributed by atoms with Gasteiger partial charge in [-0.05, 0) is 37.3 Å². The third-order valence-corrected chi connectivity index (χ3v) is 3.75. The van der Waals surface area contributed by atoms with Crippen molar-refractivity contribution in [1.29, 1.82) is 5.26 Å². The molecule has 0 aliphatic carbocycles. The number of rotatable bonds is 3. The standard InChI is InChI=1S/C18H13FN2O2/c1-11(22)12-3-5-14(6-4-12)21-10-13(9-20)15-7-18(23-2)16(19)8-17(15)21/h3-8,10H,1-2H3. The third-order valence-electron chi connectivity index (χ3n) is 3.75. The molecular weight excluding hydrogens is 295 g/mol. The van der Waals surface area contributed by atoms with Gasteiger partial charge in [-0.2, -0.15) is 5.26 Å². The molecule has 0 bridgehead atoms. The van der Waals surface area contributed by atoms with E-state index in [-0.39, 0.29) is 11.5 Å². The minimum atomic E-state index is -0.496. The Hall–Kier alpha value is -3.13. The molecular formula is C18H13FN2O2. The molecule has 0 spiro atoms. The van der Waals surface area contributed by atoms with Crippen LogP contribution in [0.4, 0.5) is 4.39 Å². The van der Waals surface area contributed by atoms with Gasteiger partial charge in [0.2, 0.25) is 0 Å². The molecule has 23 heavy (non-hydrogen) atoms. The number of ketones is 1. The molecule has 114 valence electrons. The van der Waals surface area contributed by atoms with Crippen LogP contribution >= 0.6 is 0 Å². The summed E-state index contributed by atoms with van der Waals surface area (Å²) in [5, 5.41) is 9.92. The van der Waals surface area contributed by atoms with E-state index in [9.17, 15) is 14.4 Å². The molecule has 2 aromatic carbocycles. The van der Waals surface area contributed by atoms with Crippen LogP contribution in [0.5, 0.6) is 5.75 Å². The molecule has 4 nitrogen and oxygen atoms in total. The second-order valence-corrected chi connectivity index (χ2v) is 5.13. The van der Waals surface area contributed by atoms with Gasteiger partial charge < -0.3 is 9.30 Å². The van der Waals surface area contributed by atoms with Crippen molar-refractivity contribution in [2.75, 3.05) is 7.11 Å². The monoisotopic (exact) mass is 308 g/mol. The van der Waals surface area contributed by atoms with Crippen LogP contribution < -0.4 is 4.74 Å². The van der Waals surface area contributed by atoms with Gasteiger partial charge in [0.05, 0.1) is 18.2 Å². The summed E-state index contributed by atoms with van der Waals surface area (Å²) < 4.78 is 20.7. The number of nitrogens with zero attached hydrogens (tertiary/aromatic N) is 2. The van der Waals surface area contributed by atoms with Gasteiger partial charge in [0.25, 0.3) is 0 Å². The van der Waals surface area contributed by atoms with Gasteiger partial charge in [0.15, 0.2) is 17.3 Å². The second-order valence-electron chi connectivity index (χ2n) is 5.13. The van der Waals surface area contributed by atoms with Crippen LogP contribution in [-0.4, -0.2) is 17.5 Å². The minimum Gasteiger partial charge on any atom is -0.494 e. The summed E-state index contributed by atoms with van der Waals surface area (Å²) in [5.74, 6) is -0.426. The number of fused-ring (bicyclic) bond motifs is 1. The van der Waals surface area contributed by atoms with E-state index in [4.69, 9.17) is 4.74 Å². The average molecular weight is 308 g/mol. The number of carbonyl (C=O) groups excluding carboxylic acids is 1. The number of ether oxygens (including phenoxy) is 1. The third kappa shape index (κ3) is 2.44. The minimum absolute atomic E-state index is 0.0255. The van der Waals surface area contributed by atoms with Crippen molar-refractivity contribution in [3.8, 4) is 17.5 Å². The van der Waals surface area contributed by atoms with Crippen LogP contribution in [0.1, 0.15) is 22.8 Å². The zero-order chi connectivity index (χ0) is 16.6. The Morgan fingerprint density at radius 3 is 2.52 bits per heavy atom. The lowest BCUT2D eigenvalue weighted by Gasteiger charge is -2.07. The van der Waals surface area contributed by atoms with E-state index >= 15 is 0 Å². The number of benzene rings is 2. The van der Waals surface area contributed by atoms with E-state index in [1.807, 2.05) is 0 Å². The molecule has 3 aromatic rings. The van der Waals surface area contributed by atoms with Crippen molar-refractivity contribution in [2.24, 2.45) is 0 Å². The number of carbonyl (C=O) groups is 1. The van der Waals surface area contributed by atoms with E-state index in [1.165, 1.54) is 26.2 Å². The topological polar surface area (TPSA) is 55.0 Å². The van der Waals surface area contributed by atoms with Crippen LogP contribution in [0, 0.1) is 17.1 Å². The summed E-state index contributed by atoms with van der Waals surface area (Å²) in [6.45, 7) is 1.50. The first-order valence-electron chi connectivity index (χ1n) is 6.95. The maximum absolute atomic E-state index is 14.0. The molecule has 0 aliphatic rings.